The van der Waals surface area contributed by atoms with Gasteiger partial charge in [0.15, 0.2) is 23.3 Å². The molecule has 112 valence electrons. The van der Waals surface area contributed by atoms with Gasteiger partial charge in [0.2, 0.25) is 5.82 Å². The van der Waals surface area contributed by atoms with E-state index in [1.165, 1.54) is 19.4 Å². The van der Waals surface area contributed by atoms with Crippen LogP contribution < -0.4 is 5.32 Å². The molecule has 2 rings (SSSR count). The van der Waals surface area contributed by atoms with Crippen molar-refractivity contribution in [3.63, 3.8) is 0 Å². The van der Waals surface area contributed by atoms with Crippen LogP contribution in [0.25, 0.3) is 0 Å². The third-order valence-corrected chi connectivity index (χ3v) is 3.21. The van der Waals surface area contributed by atoms with E-state index in [9.17, 15) is 22.0 Å². The Morgan fingerprint density at radius 2 is 1.48 bits per heavy atom. The molecule has 0 aliphatic carbocycles. The number of aromatic nitrogens is 1. The molecule has 1 heterocycles. The molecule has 0 spiro atoms. The van der Waals surface area contributed by atoms with Crippen LogP contribution in [0.5, 0.6) is 0 Å². The van der Waals surface area contributed by atoms with Crippen molar-refractivity contribution in [2.75, 3.05) is 7.05 Å². The molecule has 1 aromatic heterocycles. The van der Waals surface area contributed by atoms with Crippen LogP contribution in [-0.2, 0) is 0 Å². The van der Waals surface area contributed by atoms with E-state index in [1.54, 1.807) is 13.0 Å². The van der Waals surface area contributed by atoms with E-state index in [1.807, 2.05) is 0 Å². The molecule has 7 heteroatoms. The monoisotopic (exact) mass is 302 g/mol. The molecule has 0 amide bonds. The predicted molar refractivity (Wildman–Crippen MR) is 66.1 cm³/mol. The molecule has 0 saturated heterocycles. The number of hydrogen-bond acceptors (Lipinski definition) is 2. The Kier molecular flexibility index (Phi) is 4.22. The van der Waals surface area contributed by atoms with Gasteiger partial charge in [-0.3, -0.25) is 4.98 Å². The Balaban J connectivity index is 2.73. The molecular weight excluding hydrogens is 291 g/mol. The molecule has 1 unspecified atom stereocenters. The molecule has 2 aromatic rings. The third kappa shape index (κ3) is 2.49. The SMILES string of the molecule is CNC(c1cnccc1C)c1c(F)c(F)c(F)c(F)c1F. The van der Waals surface area contributed by atoms with Gasteiger partial charge in [0, 0.05) is 12.4 Å². The first-order valence-corrected chi connectivity index (χ1v) is 5.99. The van der Waals surface area contributed by atoms with E-state index in [0.29, 0.717) is 11.1 Å². The van der Waals surface area contributed by atoms with Gasteiger partial charge < -0.3 is 5.32 Å². The van der Waals surface area contributed by atoms with Crippen LogP contribution in [-0.4, -0.2) is 12.0 Å². The highest BCUT2D eigenvalue weighted by molar-refractivity contribution is 5.37. The van der Waals surface area contributed by atoms with Gasteiger partial charge in [-0.25, -0.2) is 22.0 Å². The molecule has 0 radical (unpaired) electrons. The second kappa shape index (κ2) is 5.77. The van der Waals surface area contributed by atoms with Gasteiger partial charge in [-0.15, -0.1) is 0 Å². The molecule has 1 atom stereocenters. The van der Waals surface area contributed by atoms with Gasteiger partial charge in [-0.05, 0) is 31.2 Å². The minimum Gasteiger partial charge on any atom is -0.309 e. The lowest BCUT2D eigenvalue weighted by Gasteiger charge is -2.20. The fourth-order valence-corrected chi connectivity index (χ4v) is 2.11. The summed E-state index contributed by atoms with van der Waals surface area (Å²) in [6.45, 7) is 1.65. The summed E-state index contributed by atoms with van der Waals surface area (Å²) in [6, 6.07) is 0.370. The number of rotatable bonds is 3. The van der Waals surface area contributed by atoms with E-state index < -0.39 is 40.7 Å². The van der Waals surface area contributed by atoms with Crippen molar-refractivity contribution in [2.45, 2.75) is 13.0 Å². The third-order valence-electron chi connectivity index (χ3n) is 3.21. The Labute approximate surface area is 117 Å². The Morgan fingerprint density at radius 1 is 0.952 bits per heavy atom. The van der Waals surface area contributed by atoms with E-state index in [2.05, 4.69) is 10.3 Å². The smallest absolute Gasteiger partial charge is 0.200 e. The van der Waals surface area contributed by atoms with Gasteiger partial charge in [-0.1, -0.05) is 0 Å². The number of nitrogens with one attached hydrogen (secondary N) is 1. The second-order valence-electron chi connectivity index (χ2n) is 4.44. The average molecular weight is 302 g/mol. The standard InChI is InChI=1S/C14H11F5N2/c1-6-3-4-21-5-7(6)14(20-2)8-9(15)11(17)13(19)12(18)10(8)16/h3-5,14,20H,1-2H3. The zero-order valence-electron chi connectivity index (χ0n) is 11.1. The number of benzene rings is 1. The van der Waals surface area contributed by atoms with E-state index >= 15 is 0 Å². The normalized spacial score (nSPS) is 12.5. The molecule has 21 heavy (non-hydrogen) atoms. The Bertz CT molecular complexity index is 658. The number of aryl methyl sites for hydroxylation is 1. The Hall–Kier alpha value is -2.02. The maximum atomic E-state index is 13.9. The molecule has 0 aliphatic heterocycles. The van der Waals surface area contributed by atoms with Crippen molar-refractivity contribution in [1.29, 1.82) is 0 Å². The number of hydrogen-bond donors (Lipinski definition) is 1. The lowest BCUT2D eigenvalue weighted by molar-refractivity contribution is 0.363. The maximum absolute atomic E-state index is 13.9. The quantitative estimate of drug-likeness (QED) is 0.534. The van der Waals surface area contributed by atoms with Gasteiger partial charge in [0.25, 0.3) is 0 Å². The minimum atomic E-state index is -2.17. The van der Waals surface area contributed by atoms with Crippen LogP contribution in [0.4, 0.5) is 22.0 Å². The van der Waals surface area contributed by atoms with Crippen molar-refractivity contribution < 1.29 is 22.0 Å². The second-order valence-corrected chi connectivity index (χ2v) is 4.44. The highest BCUT2D eigenvalue weighted by Gasteiger charge is 2.31. The lowest BCUT2D eigenvalue weighted by Crippen LogP contribution is -2.23. The zero-order chi connectivity index (χ0) is 15.7. The summed E-state index contributed by atoms with van der Waals surface area (Å²) in [5.74, 6) is -9.81. The summed E-state index contributed by atoms with van der Waals surface area (Å²) in [7, 11) is 1.36. The first kappa shape index (κ1) is 15.4. The summed E-state index contributed by atoms with van der Waals surface area (Å²) in [5, 5.41) is 2.56. The molecule has 0 aliphatic rings. The highest BCUT2D eigenvalue weighted by atomic mass is 19.2. The van der Waals surface area contributed by atoms with Crippen molar-refractivity contribution in [3.8, 4) is 0 Å². The van der Waals surface area contributed by atoms with Crippen LogP contribution in [0.1, 0.15) is 22.7 Å². The first-order valence-electron chi connectivity index (χ1n) is 5.99. The van der Waals surface area contributed by atoms with Crippen molar-refractivity contribution in [2.24, 2.45) is 0 Å². The van der Waals surface area contributed by atoms with Crippen LogP contribution in [0.2, 0.25) is 0 Å². The van der Waals surface area contributed by atoms with E-state index in [0.717, 1.165) is 0 Å². The topological polar surface area (TPSA) is 24.9 Å². The number of halogens is 5. The molecule has 0 bridgehead atoms. The van der Waals surface area contributed by atoms with Gasteiger partial charge in [-0.2, -0.15) is 0 Å². The summed E-state index contributed by atoms with van der Waals surface area (Å²) in [5.41, 5.74) is 0.00139. The van der Waals surface area contributed by atoms with E-state index in [4.69, 9.17) is 0 Å². The molecule has 0 saturated carbocycles. The summed E-state index contributed by atoms with van der Waals surface area (Å²) in [6.07, 6.45) is 2.78. The molecule has 1 N–H and O–H groups in total. The average Bonchev–Trinajstić information content (AvgIpc) is 2.48. The first-order chi connectivity index (χ1) is 9.90. The van der Waals surface area contributed by atoms with E-state index in [-0.39, 0.29) is 0 Å². The van der Waals surface area contributed by atoms with Crippen LogP contribution in [0, 0.1) is 36.0 Å². The fraction of sp³-hybridized carbons (Fsp3) is 0.214. The Morgan fingerprint density at radius 3 is 1.95 bits per heavy atom. The zero-order valence-corrected chi connectivity index (χ0v) is 11.1. The van der Waals surface area contributed by atoms with Crippen LogP contribution in [0.3, 0.4) is 0 Å². The van der Waals surface area contributed by atoms with Gasteiger partial charge in [0.1, 0.15) is 0 Å². The van der Waals surface area contributed by atoms with Crippen LogP contribution >= 0.6 is 0 Å². The molecule has 2 nitrogen and oxygen atoms in total. The highest BCUT2D eigenvalue weighted by Crippen LogP contribution is 2.32. The van der Waals surface area contributed by atoms with Crippen molar-refractivity contribution >= 4 is 0 Å². The molecular formula is C14H11F5N2. The van der Waals surface area contributed by atoms with Crippen molar-refractivity contribution in [1.82, 2.24) is 10.3 Å². The minimum absolute atomic E-state index is 0.322. The molecule has 0 fully saturated rings. The van der Waals surface area contributed by atoms with Crippen LogP contribution in [0.15, 0.2) is 18.5 Å². The summed E-state index contributed by atoms with van der Waals surface area (Å²) in [4.78, 5) is 3.82. The lowest BCUT2D eigenvalue weighted by atomic mass is 9.95. The van der Waals surface area contributed by atoms with Gasteiger partial charge in [0.05, 0.1) is 11.6 Å². The fourth-order valence-electron chi connectivity index (χ4n) is 2.11. The summed E-state index contributed by atoms with van der Waals surface area (Å²) >= 11 is 0. The number of pyridine rings is 1. The molecule has 1 aromatic carbocycles. The van der Waals surface area contributed by atoms with Crippen molar-refractivity contribution in [3.05, 3.63) is 64.2 Å². The largest absolute Gasteiger partial charge is 0.309 e. The maximum Gasteiger partial charge on any atom is 0.200 e. The number of nitrogens with zero attached hydrogens (tertiary/aromatic N) is 1. The van der Waals surface area contributed by atoms with Gasteiger partial charge >= 0.3 is 0 Å². The predicted octanol–water partition coefficient (Wildman–Crippen LogP) is 3.39. The summed E-state index contributed by atoms with van der Waals surface area (Å²) < 4.78 is 67.5.